The molecule has 0 heterocycles. The molecule has 2 nitrogen and oxygen atoms in total. The maximum Gasteiger partial charge on any atom is 0.131 e. The summed E-state index contributed by atoms with van der Waals surface area (Å²) >= 11 is 0. The van der Waals surface area contributed by atoms with Gasteiger partial charge in [-0.3, -0.25) is 0 Å². The lowest BCUT2D eigenvalue weighted by molar-refractivity contribution is 0.409. The van der Waals surface area contributed by atoms with E-state index in [1.807, 2.05) is 13.0 Å². The average Bonchev–Trinajstić information content (AvgIpc) is 2.44. The summed E-state index contributed by atoms with van der Waals surface area (Å²) in [5, 5.41) is 3.34. The molecule has 0 bridgehead atoms. The fraction of sp³-hybridized carbons (Fsp3) is 0.294. The Balaban J connectivity index is 2.03. The average molecular weight is 273 g/mol. The summed E-state index contributed by atoms with van der Waals surface area (Å²) in [4.78, 5) is 0. The second-order valence-corrected chi connectivity index (χ2v) is 4.98. The van der Waals surface area contributed by atoms with Gasteiger partial charge in [-0.05, 0) is 25.5 Å². The molecule has 1 unspecified atom stereocenters. The molecule has 106 valence electrons. The van der Waals surface area contributed by atoms with E-state index in [4.69, 9.17) is 4.74 Å². The van der Waals surface area contributed by atoms with E-state index in [0.29, 0.717) is 17.9 Å². The summed E-state index contributed by atoms with van der Waals surface area (Å²) < 4.78 is 19.0. The van der Waals surface area contributed by atoms with Crippen LogP contribution in [0, 0.1) is 12.7 Å². The first kappa shape index (κ1) is 14.5. The fourth-order valence-corrected chi connectivity index (χ4v) is 2.19. The van der Waals surface area contributed by atoms with Gasteiger partial charge in [0.1, 0.15) is 11.6 Å². The van der Waals surface area contributed by atoms with Crippen molar-refractivity contribution in [3.05, 3.63) is 65.0 Å². The van der Waals surface area contributed by atoms with Gasteiger partial charge in [0.2, 0.25) is 0 Å². The van der Waals surface area contributed by atoms with Crippen molar-refractivity contribution in [2.45, 2.75) is 26.4 Å². The Bertz CT molecular complexity index is 583. The molecule has 20 heavy (non-hydrogen) atoms. The Hall–Kier alpha value is -1.87. The second kappa shape index (κ2) is 6.53. The molecule has 2 aromatic rings. The van der Waals surface area contributed by atoms with Gasteiger partial charge in [0.05, 0.1) is 7.11 Å². The van der Waals surface area contributed by atoms with Crippen LogP contribution in [0.5, 0.6) is 5.75 Å². The standard InChI is InChI=1S/C17H20FNO/c1-12-5-4-6-14(9-12)11-19-13(2)16-8-7-15(20-3)10-17(16)18/h4-10,13,19H,11H2,1-3H3. The molecule has 0 aliphatic rings. The van der Waals surface area contributed by atoms with Gasteiger partial charge >= 0.3 is 0 Å². The molecule has 0 aromatic heterocycles. The third-order valence-corrected chi connectivity index (χ3v) is 3.37. The molecule has 3 heteroatoms. The monoisotopic (exact) mass is 273 g/mol. The summed E-state index contributed by atoms with van der Waals surface area (Å²) in [5.41, 5.74) is 3.08. The highest BCUT2D eigenvalue weighted by Gasteiger charge is 2.11. The minimum atomic E-state index is -0.242. The van der Waals surface area contributed by atoms with E-state index in [2.05, 4.69) is 30.4 Å². The molecular weight excluding hydrogens is 253 g/mol. The number of methoxy groups -OCH3 is 1. The number of benzene rings is 2. The van der Waals surface area contributed by atoms with Crippen LogP contribution in [-0.2, 0) is 6.54 Å². The number of nitrogens with one attached hydrogen (secondary N) is 1. The topological polar surface area (TPSA) is 21.3 Å². The maximum absolute atomic E-state index is 14.0. The van der Waals surface area contributed by atoms with Crippen molar-refractivity contribution in [2.24, 2.45) is 0 Å². The molecule has 0 radical (unpaired) electrons. The number of hydrogen-bond acceptors (Lipinski definition) is 2. The van der Waals surface area contributed by atoms with Crippen LogP contribution < -0.4 is 10.1 Å². The minimum absolute atomic E-state index is 0.0542. The van der Waals surface area contributed by atoms with Gasteiger partial charge in [-0.1, -0.05) is 35.9 Å². The number of halogens is 1. The van der Waals surface area contributed by atoms with E-state index in [1.165, 1.54) is 24.3 Å². The molecule has 0 aliphatic carbocycles. The highest BCUT2D eigenvalue weighted by atomic mass is 19.1. The van der Waals surface area contributed by atoms with Crippen LogP contribution in [0.3, 0.4) is 0 Å². The molecule has 1 atom stereocenters. The molecule has 2 aromatic carbocycles. The van der Waals surface area contributed by atoms with Gasteiger partial charge in [0.15, 0.2) is 0 Å². The molecule has 1 N–H and O–H groups in total. The lowest BCUT2D eigenvalue weighted by Crippen LogP contribution is -2.19. The smallest absolute Gasteiger partial charge is 0.131 e. The predicted octanol–water partition coefficient (Wildman–Crippen LogP) is 3.99. The third-order valence-electron chi connectivity index (χ3n) is 3.37. The van der Waals surface area contributed by atoms with Crippen LogP contribution >= 0.6 is 0 Å². The minimum Gasteiger partial charge on any atom is -0.497 e. The first-order chi connectivity index (χ1) is 9.60. The van der Waals surface area contributed by atoms with Crippen molar-refractivity contribution >= 4 is 0 Å². The zero-order valence-electron chi connectivity index (χ0n) is 12.1. The Kier molecular flexibility index (Phi) is 4.74. The largest absolute Gasteiger partial charge is 0.497 e. The molecule has 0 saturated heterocycles. The molecular formula is C17H20FNO. The van der Waals surface area contributed by atoms with Crippen LogP contribution in [0.1, 0.15) is 29.7 Å². The van der Waals surface area contributed by atoms with Gasteiger partial charge in [0, 0.05) is 24.2 Å². The Morgan fingerprint density at radius 3 is 2.65 bits per heavy atom. The molecule has 0 fully saturated rings. The summed E-state index contributed by atoms with van der Waals surface area (Å²) in [5.74, 6) is 0.297. The van der Waals surface area contributed by atoms with Gasteiger partial charge in [-0.25, -0.2) is 4.39 Å². The van der Waals surface area contributed by atoms with Gasteiger partial charge in [0.25, 0.3) is 0 Å². The van der Waals surface area contributed by atoms with E-state index >= 15 is 0 Å². The lowest BCUT2D eigenvalue weighted by Gasteiger charge is -2.16. The quantitative estimate of drug-likeness (QED) is 0.889. The SMILES string of the molecule is COc1ccc(C(C)NCc2cccc(C)c2)c(F)c1. The van der Waals surface area contributed by atoms with E-state index < -0.39 is 0 Å². The molecule has 0 saturated carbocycles. The first-order valence-corrected chi connectivity index (χ1v) is 6.72. The maximum atomic E-state index is 14.0. The third kappa shape index (κ3) is 3.58. The van der Waals surface area contributed by atoms with Gasteiger partial charge in [-0.2, -0.15) is 0 Å². The highest BCUT2D eigenvalue weighted by molar-refractivity contribution is 5.30. The number of rotatable bonds is 5. The van der Waals surface area contributed by atoms with Crippen LogP contribution in [0.4, 0.5) is 4.39 Å². The van der Waals surface area contributed by atoms with Crippen molar-refractivity contribution in [1.82, 2.24) is 5.32 Å². The molecule has 0 amide bonds. The van der Waals surface area contributed by atoms with Crippen molar-refractivity contribution < 1.29 is 9.13 Å². The van der Waals surface area contributed by atoms with Crippen LogP contribution in [-0.4, -0.2) is 7.11 Å². The van der Waals surface area contributed by atoms with Crippen LogP contribution in [0.25, 0.3) is 0 Å². The van der Waals surface area contributed by atoms with Crippen LogP contribution in [0.2, 0.25) is 0 Å². The number of ether oxygens (including phenoxy) is 1. The predicted molar refractivity (Wildman–Crippen MR) is 79.4 cm³/mol. The molecule has 0 spiro atoms. The zero-order chi connectivity index (χ0) is 14.5. The van der Waals surface area contributed by atoms with E-state index in [0.717, 1.165) is 0 Å². The first-order valence-electron chi connectivity index (χ1n) is 6.72. The molecule has 2 rings (SSSR count). The summed E-state index contributed by atoms with van der Waals surface area (Å²) in [6, 6.07) is 13.2. The second-order valence-electron chi connectivity index (χ2n) is 4.98. The van der Waals surface area contributed by atoms with E-state index in [1.54, 1.807) is 12.1 Å². The summed E-state index contributed by atoms with van der Waals surface area (Å²) in [7, 11) is 1.54. The van der Waals surface area contributed by atoms with E-state index in [9.17, 15) is 4.39 Å². The lowest BCUT2D eigenvalue weighted by atomic mass is 10.1. The molecule has 0 aliphatic heterocycles. The zero-order valence-corrected chi connectivity index (χ0v) is 12.1. The fourth-order valence-electron chi connectivity index (χ4n) is 2.19. The number of hydrogen-bond donors (Lipinski definition) is 1. The van der Waals surface area contributed by atoms with Crippen LogP contribution in [0.15, 0.2) is 42.5 Å². The Morgan fingerprint density at radius 2 is 2.00 bits per heavy atom. The van der Waals surface area contributed by atoms with Crippen molar-refractivity contribution in [1.29, 1.82) is 0 Å². The van der Waals surface area contributed by atoms with Crippen molar-refractivity contribution in [3.63, 3.8) is 0 Å². The van der Waals surface area contributed by atoms with Gasteiger partial charge in [-0.15, -0.1) is 0 Å². The highest BCUT2D eigenvalue weighted by Crippen LogP contribution is 2.22. The number of aryl methyl sites for hydroxylation is 1. The Morgan fingerprint density at radius 1 is 1.20 bits per heavy atom. The summed E-state index contributed by atoms with van der Waals surface area (Å²) in [6.07, 6.45) is 0. The van der Waals surface area contributed by atoms with Crippen molar-refractivity contribution in [3.8, 4) is 5.75 Å². The summed E-state index contributed by atoms with van der Waals surface area (Å²) in [6.45, 7) is 4.74. The Labute approximate surface area is 119 Å². The van der Waals surface area contributed by atoms with E-state index in [-0.39, 0.29) is 11.9 Å². The normalized spacial score (nSPS) is 12.2. The van der Waals surface area contributed by atoms with Gasteiger partial charge < -0.3 is 10.1 Å². The van der Waals surface area contributed by atoms with Crippen molar-refractivity contribution in [2.75, 3.05) is 7.11 Å².